The first kappa shape index (κ1) is 27.0. The number of nitrogens with zero attached hydrogens (tertiary/aromatic N) is 2. The molecule has 1 atom stereocenters. The average Bonchev–Trinajstić information content (AvgIpc) is 2.73. The first-order chi connectivity index (χ1) is 15.4. The molecule has 0 saturated heterocycles. The molecule has 0 bridgehead atoms. The number of anilines is 1. The first-order valence-corrected chi connectivity index (χ1v) is 13.1. The normalized spacial score (nSPS) is 12.3. The van der Waals surface area contributed by atoms with E-state index in [2.05, 4.69) is 5.32 Å². The minimum absolute atomic E-state index is 0.102. The number of carbonyl (C=O) groups is 2. The van der Waals surface area contributed by atoms with Crippen LogP contribution in [0.2, 0.25) is 10.0 Å². The Labute approximate surface area is 205 Å². The number of halogens is 2. The fraction of sp³-hybridized carbons (Fsp3) is 0.391. The van der Waals surface area contributed by atoms with Gasteiger partial charge in [0.1, 0.15) is 12.6 Å². The zero-order valence-electron chi connectivity index (χ0n) is 19.1. The topological polar surface area (TPSA) is 86.8 Å². The molecule has 2 aromatic rings. The Morgan fingerprint density at radius 2 is 1.64 bits per heavy atom. The second-order valence-corrected chi connectivity index (χ2v) is 10.8. The standard InChI is InChI=1S/C23H29Cl2N3O4S/c1-16(2)26-23(30)17(3)27(13-12-18-8-6-5-7-9-18)22(29)15-28(33(4,31)32)19-10-11-20(24)21(25)14-19/h5-11,14,16-17H,12-13,15H2,1-4H3,(H,26,30)/t17-/m1/s1. The van der Waals surface area contributed by atoms with Crippen molar-refractivity contribution in [1.29, 1.82) is 0 Å². The van der Waals surface area contributed by atoms with Crippen LogP contribution < -0.4 is 9.62 Å². The van der Waals surface area contributed by atoms with Crippen LogP contribution in [-0.4, -0.2) is 56.6 Å². The third kappa shape index (κ3) is 7.91. The van der Waals surface area contributed by atoms with Crippen LogP contribution in [0.3, 0.4) is 0 Å². The van der Waals surface area contributed by atoms with Gasteiger partial charge < -0.3 is 10.2 Å². The number of rotatable bonds is 10. The molecule has 0 radical (unpaired) electrons. The van der Waals surface area contributed by atoms with Crippen molar-refractivity contribution < 1.29 is 18.0 Å². The molecule has 0 spiro atoms. The molecule has 2 amide bonds. The SMILES string of the molecule is CC(C)NC(=O)[C@@H](C)N(CCc1ccccc1)C(=O)CN(c1ccc(Cl)c(Cl)c1)S(C)(=O)=O. The predicted molar refractivity (Wildman–Crippen MR) is 133 cm³/mol. The summed E-state index contributed by atoms with van der Waals surface area (Å²) in [5.74, 6) is -0.819. The molecule has 0 heterocycles. The number of hydrogen-bond acceptors (Lipinski definition) is 4. The van der Waals surface area contributed by atoms with E-state index in [1.807, 2.05) is 44.2 Å². The van der Waals surface area contributed by atoms with Gasteiger partial charge in [0, 0.05) is 12.6 Å². The molecule has 180 valence electrons. The summed E-state index contributed by atoms with van der Waals surface area (Å²) in [4.78, 5) is 27.4. The van der Waals surface area contributed by atoms with Crippen LogP contribution in [0.15, 0.2) is 48.5 Å². The molecule has 1 N–H and O–H groups in total. The van der Waals surface area contributed by atoms with Crippen LogP contribution in [0.5, 0.6) is 0 Å². The van der Waals surface area contributed by atoms with E-state index in [1.54, 1.807) is 6.92 Å². The van der Waals surface area contributed by atoms with Gasteiger partial charge in [-0.3, -0.25) is 13.9 Å². The van der Waals surface area contributed by atoms with E-state index in [9.17, 15) is 18.0 Å². The molecule has 0 aromatic heterocycles. The maximum atomic E-state index is 13.4. The summed E-state index contributed by atoms with van der Waals surface area (Å²) in [6, 6.07) is 13.0. The van der Waals surface area contributed by atoms with Gasteiger partial charge in [-0.05, 0) is 51.0 Å². The van der Waals surface area contributed by atoms with Gasteiger partial charge >= 0.3 is 0 Å². The maximum absolute atomic E-state index is 13.4. The van der Waals surface area contributed by atoms with Gasteiger partial charge in [-0.15, -0.1) is 0 Å². The Balaban J connectivity index is 2.33. The van der Waals surface area contributed by atoms with Crippen molar-refractivity contribution in [2.24, 2.45) is 0 Å². The fourth-order valence-electron chi connectivity index (χ4n) is 3.23. The molecule has 7 nitrogen and oxygen atoms in total. The third-order valence-electron chi connectivity index (χ3n) is 4.95. The zero-order valence-corrected chi connectivity index (χ0v) is 21.4. The monoisotopic (exact) mass is 513 g/mol. The number of sulfonamides is 1. The highest BCUT2D eigenvalue weighted by Crippen LogP contribution is 2.28. The highest BCUT2D eigenvalue weighted by molar-refractivity contribution is 7.92. The van der Waals surface area contributed by atoms with Gasteiger partial charge in [0.25, 0.3) is 0 Å². The van der Waals surface area contributed by atoms with E-state index in [1.165, 1.54) is 23.1 Å². The summed E-state index contributed by atoms with van der Waals surface area (Å²) < 4.78 is 26.0. The molecular weight excluding hydrogens is 485 g/mol. The molecule has 2 aromatic carbocycles. The van der Waals surface area contributed by atoms with Gasteiger partial charge in [-0.25, -0.2) is 8.42 Å². The Kier molecular flexibility index (Phi) is 9.57. The largest absolute Gasteiger partial charge is 0.352 e. The molecule has 0 saturated carbocycles. The number of benzene rings is 2. The summed E-state index contributed by atoms with van der Waals surface area (Å²) >= 11 is 12.0. The molecule has 0 aliphatic carbocycles. The summed E-state index contributed by atoms with van der Waals surface area (Å²) in [5.41, 5.74) is 1.21. The van der Waals surface area contributed by atoms with Crippen molar-refractivity contribution in [3.8, 4) is 0 Å². The second-order valence-electron chi connectivity index (χ2n) is 8.03. The molecule has 0 aliphatic heterocycles. The molecular formula is C23H29Cl2N3O4S. The Bertz CT molecular complexity index is 1080. The maximum Gasteiger partial charge on any atom is 0.244 e. The van der Waals surface area contributed by atoms with Gasteiger partial charge in [-0.1, -0.05) is 53.5 Å². The lowest BCUT2D eigenvalue weighted by molar-refractivity contribution is -0.139. The number of carbonyl (C=O) groups excluding carboxylic acids is 2. The van der Waals surface area contributed by atoms with Gasteiger partial charge in [-0.2, -0.15) is 0 Å². The predicted octanol–water partition coefficient (Wildman–Crippen LogP) is 3.74. The summed E-state index contributed by atoms with van der Waals surface area (Å²) in [6.07, 6.45) is 1.52. The van der Waals surface area contributed by atoms with Gasteiger partial charge in [0.2, 0.25) is 21.8 Å². The average molecular weight is 514 g/mol. The summed E-state index contributed by atoms with van der Waals surface area (Å²) in [5, 5.41) is 3.24. The van der Waals surface area contributed by atoms with Crippen LogP contribution in [-0.2, 0) is 26.0 Å². The van der Waals surface area contributed by atoms with Crippen molar-refractivity contribution >= 4 is 50.7 Å². The highest BCUT2D eigenvalue weighted by atomic mass is 35.5. The number of hydrogen-bond donors (Lipinski definition) is 1. The Morgan fingerprint density at radius 1 is 1.00 bits per heavy atom. The Morgan fingerprint density at radius 3 is 2.18 bits per heavy atom. The van der Waals surface area contributed by atoms with E-state index in [0.29, 0.717) is 6.42 Å². The zero-order chi connectivity index (χ0) is 24.8. The van der Waals surface area contributed by atoms with Crippen molar-refractivity contribution in [1.82, 2.24) is 10.2 Å². The minimum atomic E-state index is -3.82. The fourth-order valence-corrected chi connectivity index (χ4v) is 4.36. The first-order valence-electron chi connectivity index (χ1n) is 10.5. The lowest BCUT2D eigenvalue weighted by Crippen LogP contribution is -2.53. The van der Waals surface area contributed by atoms with Crippen molar-refractivity contribution in [3.05, 3.63) is 64.1 Å². The minimum Gasteiger partial charge on any atom is -0.352 e. The molecule has 0 aliphatic rings. The lowest BCUT2D eigenvalue weighted by Gasteiger charge is -2.32. The van der Waals surface area contributed by atoms with E-state index >= 15 is 0 Å². The molecule has 2 rings (SSSR count). The highest BCUT2D eigenvalue weighted by Gasteiger charge is 2.30. The van der Waals surface area contributed by atoms with Crippen LogP contribution in [0, 0.1) is 0 Å². The van der Waals surface area contributed by atoms with Crippen molar-refractivity contribution in [3.63, 3.8) is 0 Å². The van der Waals surface area contributed by atoms with Crippen LogP contribution in [0.1, 0.15) is 26.3 Å². The molecule has 0 fully saturated rings. The van der Waals surface area contributed by atoms with E-state index < -0.39 is 28.5 Å². The molecule has 0 unspecified atom stereocenters. The van der Waals surface area contributed by atoms with Crippen LogP contribution >= 0.6 is 23.2 Å². The Hall–Kier alpha value is -2.29. The number of nitrogens with one attached hydrogen (secondary N) is 1. The molecule has 33 heavy (non-hydrogen) atoms. The van der Waals surface area contributed by atoms with Gasteiger partial charge in [0.15, 0.2) is 0 Å². The second kappa shape index (κ2) is 11.7. The summed E-state index contributed by atoms with van der Waals surface area (Å²) in [7, 11) is -3.82. The van der Waals surface area contributed by atoms with E-state index in [-0.39, 0.29) is 34.2 Å². The quantitative estimate of drug-likeness (QED) is 0.524. The van der Waals surface area contributed by atoms with Crippen molar-refractivity contribution in [2.75, 3.05) is 23.7 Å². The third-order valence-corrected chi connectivity index (χ3v) is 6.83. The summed E-state index contributed by atoms with van der Waals surface area (Å²) in [6.45, 7) is 5.05. The van der Waals surface area contributed by atoms with E-state index in [4.69, 9.17) is 23.2 Å². The van der Waals surface area contributed by atoms with Gasteiger partial charge in [0.05, 0.1) is 22.0 Å². The van der Waals surface area contributed by atoms with Crippen LogP contribution in [0.25, 0.3) is 0 Å². The number of amides is 2. The smallest absolute Gasteiger partial charge is 0.244 e. The van der Waals surface area contributed by atoms with Crippen molar-refractivity contribution in [2.45, 2.75) is 39.3 Å². The van der Waals surface area contributed by atoms with Crippen LogP contribution in [0.4, 0.5) is 5.69 Å². The lowest BCUT2D eigenvalue weighted by atomic mass is 10.1. The van der Waals surface area contributed by atoms with E-state index in [0.717, 1.165) is 16.1 Å². The molecule has 10 heteroatoms.